The fourth-order valence-electron chi connectivity index (χ4n) is 3.93. The first-order valence-electron chi connectivity index (χ1n) is 9.29. The fourth-order valence-corrected chi connectivity index (χ4v) is 3.93. The lowest BCUT2D eigenvalue weighted by Gasteiger charge is -2.31. The molecule has 142 valence electrons. The van der Waals surface area contributed by atoms with Crippen molar-refractivity contribution in [1.29, 1.82) is 0 Å². The molecule has 0 spiro atoms. The highest BCUT2D eigenvalue weighted by molar-refractivity contribution is 5.74. The van der Waals surface area contributed by atoms with E-state index in [2.05, 4.69) is 14.8 Å². The number of aromatic nitrogens is 4. The predicted octanol–water partition coefficient (Wildman–Crippen LogP) is -0.634. The summed E-state index contributed by atoms with van der Waals surface area (Å²) in [5.74, 6) is 0.812. The van der Waals surface area contributed by atoms with E-state index >= 15 is 0 Å². The number of anilines is 1. The Kier molecular flexibility index (Phi) is 4.58. The van der Waals surface area contributed by atoms with Crippen LogP contribution in [0.25, 0.3) is 11.2 Å². The summed E-state index contributed by atoms with van der Waals surface area (Å²) in [6.07, 6.45) is 2.02. The molecule has 0 amide bonds. The van der Waals surface area contributed by atoms with Gasteiger partial charge in [-0.15, -0.1) is 0 Å². The Bertz CT molecular complexity index is 921. The van der Waals surface area contributed by atoms with E-state index in [1.807, 2.05) is 4.57 Å². The van der Waals surface area contributed by atoms with Crippen molar-refractivity contribution in [3.8, 4) is 0 Å². The summed E-state index contributed by atoms with van der Waals surface area (Å²) in [5.41, 5.74) is 0.407. The van der Waals surface area contributed by atoms with Gasteiger partial charge in [-0.2, -0.15) is 4.98 Å². The fraction of sp³-hybridized carbons (Fsp3) is 0.706. The Morgan fingerprint density at radius 3 is 2.54 bits per heavy atom. The minimum atomic E-state index is -0.336. The molecular formula is C17H26N6O3. The smallest absolute Gasteiger partial charge is 0.332 e. The molecule has 0 N–H and O–H groups in total. The van der Waals surface area contributed by atoms with Gasteiger partial charge in [-0.25, -0.2) is 4.79 Å². The van der Waals surface area contributed by atoms with Crippen LogP contribution in [0.5, 0.6) is 0 Å². The molecule has 4 heterocycles. The number of ether oxygens (including phenoxy) is 1. The Morgan fingerprint density at radius 1 is 1.00 bits per heavy atom. The van der Waals surface area contributed by atoms with E-state index in [4.69, 9.17) is 4.74 Å². The van der Waals surface area contributed by atoms with E-state index in [-0.39, 0.29) is 11.2 Å². The van der Waals surface area contributed by atoms with Crippen molar-refractivity contribution in [1.82, 2.24) is 23.6 Å². The number of aryl methyl sites for hydroxylation is 2. The van der Waals surface area contributed by atoms with Crippen molar-refractivity contribution in [3.05, 3.63) is 20.8 Å². The maximum Gasteiger partial charge on any atom is 0.332 e. The van der Waals surface area contributed by atoms with Crippen molar-refractivity contribution in [2.45, 2.75) is 19.4 Å². The minimum absolute atomic E-state index is 0.267. The summed E-state index contributed by atoms with van der Waals surface area (Å²) in [4.78, 5) is 34.1. The minimum Gasteiger partial charge on any atom is -0.379 e. The molecule has 2 aromatic rings. The molecule has 9 heteroatoms. The zero-order valence-corrected chi connectivity index (χ0v) is 15.5. The van der Waals surface area contributed by atoms with Gasteiger partial charge in [-0.3, -0.25) is 18.8 Å². The summed E-state index contributed by atoms with van der Waals surface area (Å²) in [7, 11) is 3.19. The number of imidazole rings is 1. The van der Waals surface area contributed by atoms with Crippen LogP contribution in [0.15, 0.2) is 9.59 Å². The van der Waals surface area contributed by atoms with E-state index in [9.17, 15) is 9.59 Å². The quantitative estimate of drug-likeness (QED) is 0.721. The van der Waals surface area contributed by atoms with Gasteiger partial charge in [0.1, 0.15) is 0 Å². The van der Waals surface area contributed by atoms with Crippen LogP contribution in [0, 0.1) is 0 Å². The van der Waals surface area contributed by atoms with Crippen LogP contribution in [0.4, 0.5) is 5.95 Å². The summed E-state index contributed by atoms with van der Waals surface area (Å²) in [5, 5.41) is 0. The van der Waals surface area contributed by atoms with Gasteiger partial charge in [-0.1, -0.05) is 0 Å². The Morgan fingerprint density at radius 2 is 1.77 bits per heavy atom. The lowest BCUT2D eigenvalue weighted by Crippen LogP contribution is -2.40. The molecule has 0 radical (unpaired) electrons. The third-order valence-corrected chi connectivity index (χ3v) is 5.43. The number of hydrogen-bond donors (Lipinski definition) is 0. The van der Waals surface area contributed by atoms with E-state index in [0.29, 0.717) is 11.2 Å². The third kappa shape index (κ3) is 2.84. The zero-order chi connectivity index (χ0) is 18.3. The van der Waals surface area contributed by atoms with Gasteiger partial charge in [-0.05, 0) is 12.8 Å². The second-order valence-corrected chi connectivity index (χ2v) is 7.09. The summed E-state index contributed by atoms with van der Waals surface area (Å²) in [6.45, 7) is 7.26. The second kappa shape index (κ2) is 6.88. The van der Waals surface area contributed by atoms with Crippen molar-refractivity contribution in [2.75, 3.05) is 50.8 Å². The maximum absolute atomic E-state index is 12.6. The van der Waals surface area contributed by atoms with E-state index in [1.54, 1.807) is 7.05 Å². The molecular weight excluding hydrogens is 336 g/mol. The average Bonchev–Trinajstić information content (AvgIpc) is 3.06. The topological polar surface area (TPSA) is 77.5 Å². The second-order valence-electron chi connectivity index (χ2n) is 7.09. The number of fused-ring (bicyclic) bond motifs is 3. The van der Waals surface area contributed by atoms with Gasteiger partial charge in [0.2, 0.25) is 5.95 Å². The van der Waals surface area contributed by atoms with Crippen LogP contribution in [-0.2, 0) is 25.4 Å². The van der Waals surface area contributed by atoms with Crippen LogP contribution >= 0.6 is 0 Å². The molecule has 0 atom stereocenters. The molecule has 1 fully saturated rings. The van der Waals surface area contributed by atoms with E-state index in [0.717, 1.165) is 75.8 Å². The van der Waals surface area contributed by atoms with Gasteiger partial charge < -0.3 is 14.2 Å². The van der Waals surface area contributed by atoms with Crippen LogP contribution in [0.3, 0.4) is 0 Å². The van der Waals surface area contributed by atoms with Crippen LogP contribution in [-0.4, -0.2) is 69.5 Å². The lowest BCUT2D eigenvalue weighted by atomic mass is 10.2. The highest BCUT2D eigenvalue weighted by Gasteiger charge is 2.25. The van der Waals surface area contributed by atoms with Crippen LogP contribution in [0.2, 0.25) is 0 Å². The monoisotopic (exact) mass is 362 g/mol. The molecule has 1 saturated heterocycles. The van der Waals surface area contributed by atoms with Crippen LogP contribution in [0.1, 0.15) is 12.8 Å². The standard InChI is InChI=1S/C17H26N6O3/c1-19-14-13(15(24)20(2)17(19)25)23-8-4-7-22(16(23)18-14)6-3-5-21-9-11-26-12-10-21/h3-12H2,1-2H3. The van der Waals surface area contributed by atoms with Gasteiger partial charge in [0.05, 0.1) is 13.2 Å². The molecule has 2 aromatic heterocycles. The van der Waals surface area contributed by atoms with Crippen molar-refractivity contribution < 1.29 is 4.74 Å². The van der Waals surface area contributed by atoms with Gasteiger partial charge in [0.25, 0.3) is 5.56 Å². The lowest BCUT2D eigenvalue weighted by molar-refractivity contribution is 0.0376. The van der Waals surface area contributed by atoms with Crippen molar-refractivity contribution >= 4 is 17.1 Å². The molecule has 26 heavy (non-hydrogen) atoms. The maximum atomic E-state index is 12.6. The molecule has 0 bridgehead atoms. The molecule has 2 aliphatic rings. The Hall–Kier alpha value is -2.13. The first kappa shape index (κ1) is 17.3. The number of morpholine rings is 1. The highest BCUT2D eigenvalue weighted by Crippen LogP contribution is 2.24. The van der Waals surface area contributed by atoms with E-state index < -0.39 is 0 Å². The molecule has 0 unspecified atom stereocenters. The average molecular weight is 362 g/mol. The largest absolute Gasteiger partial charge is 0.379 e. The summed E-state index contributed by atoms with van der Waals surface area (Å²) < 4.78 is 10.0. The number of nitrogens with zero attached hydrogens (tertiary/aromatic N) is 6. The number of hydrogen-bond acceptors (Lipinski definition) is 6. The SMILES string of the molecule is Cn1c(=O)c2c(nc3n2CCCN3CCCN2CCOCC2)n(C)c1=O. The van der Waals surface area contributed by atoms with Crippen molar-refractivity contribution in [3.63, 3.8) is 0 Å². The van der Waals surface area contributed by atoms with Gasteiger partial charge in [0, 0.05) is 53.4 Å². The summed E-state index contributed by atoms with van der Waals surface area (Å²) in [6, 6.07) is 0. The molecule has 4 rings (SSSR count). The van der Waals surface area contributed by atoms with Gasteiger partial charge >= 0.3 is 5.69 Å². The molecule has 0 aliphatic carbocycles. The zero-order valence-electron chi connectivity index (χ0n) is 15.5. The molecule has 9 nitrogen and oxygen atoms in total. The highest BCUT2D eigenvalue weighted by atomic mass is 16.5. The predicted molar refractivity (Wildman–Crippen MR) is 98.9 cm³/mol. The van der Waals surface area contributed by atoms with Crippen molar-refractivity contribution in [2.24, 2.45) is 14.1 Å². The Labute approximate surface area is 151 Å². The van der Waals surface area contributed by atoms with Gasteiger partial charge in [0.15, 0.2) is 11.2 Å². The summed E-state index contributed by atoms with van der Waals surface area (Å²) >= 11 is 0. The van der Waals surface area contributed by atoms with E-state index in [1.165, 1.54) is 11.6 Å². The Balaban J connectivity index is 1.60. The number of rotatable bonds is 4. The first-order valence-corrected chi connectivity index (χ1v) is 9.29. The third-order valence-electron chi connectivity index (χ3n) is 5.43. The first-order chi connectivity index (χ1) is 12.6. The normalized spacial score (nSPS) is 18.5. The molecule has 0 aromatic carbocycles. The molecule has 0 saturated carbocycles. The van der Waals surface area contributed by atoms with Crippen LogP contribution < -0.4 is 16.1 Å². The molecule has 2 aliphatic heterocycles.